The van der Waals surface area contributed by atoms with Crippen molar-refractivity contribution >= 4 is 23.5 Å². The SMILES string of the molecule is O=C(O)CCCc1ccc(N2C(=O)CCC2=O)cc1. The maximum absolute atomic E-state index is 11.6. The summed E-state index contributed by atoms with van der Waals surface area (Å²) in [6.07, 6.45) is 1.95. The minimum atomic E-state index is -0.801. The van der Waals surface area contributed by atoms with Gasteiger partial charge in [0.15, 0.2) is 0 Å². The monoisotopic (exact) mass is 261 g/mol. The van der Waals surface area contributed by atoms with E-state index in [9.17, 15) is 14.4 Å². The third-order valence-corrected chi connectivity index (χ3v) is 3.10. The summed E-state index contributed by atoms with van der Waals surface area (Å²) in [6.45, 7) is 0. The summed E-state index contributed by atoms with van der Waals surface area (Å²) < 4.78 is 0. The van der Waals surface area contributed by atoms with Gasteiger partial charge in [0, 0.05) is 19.3 Å². The second-order valence-electron chi connectivity index (χ2n) is 4.54. The Morgan fingerprint density at radius 1 is 1.11 bits per heavy atom. The average molecular weight is 261 g/mol. The zero-order valence-corrected chi connectivity index (χ0v) is 10.5. The molecular formula is C14H15NO4. The minimum absolute atomic E-state index is 0.144. The number of amides is 2. The summed E-state index contributed by atoms with van der Waals surface area (Å²) in [5.41, 5.74) is 1.60. The van der Waals surface area contributed by atoms with Gasteiger partial charge in [-0.3, -0.25) is 19.3 Å². The molecule has 19 heavy (non-hydrogen) atoms. The summed E-state index contributed by atoms with van der Waals surface area (Å²) in [7, 11) is 0. The molecule has 1 aromatic carbocycles. The van der Waals surface area contributed by atoms with E-state index in [1.807, 2.05) is 12.1 Å². The summed E-state index contributed by atoms with van der Waals surface area (Å²) in [6, 6.07) is 7.13. The first-order chi connectivity index (χ1) is 9.08. The van der Waals surface area contributed by atoms with Crippen LogP contribution in [0.1, 0.15) is 31.2 Å². The Bertz CT molecular complexity index is 491. The zero-order chi connectivity index (χ0) is 13.8. The smallest absolute Gasteiger partial charge is 0.303 e. The van der Waals surface area contributed by atoms with Crippen LogP contribution in [0.25, 0.3) is 0 Å². The van der Waals surface area contributed by atoms with Gasteiger partial charge in [-0.1, -0.05) is 12.1 Å². The van der Waals surface area contributed by atoms with Crippen molar-refractivity contribution in [2.45, 2.75) is 32.1 Å². The number of carbonyl (C=O) groups is 3. The molecule has 0 unspecified atom stereocenters. The number of aryl methyl sites for hydroxylation is 1. The fourth-order valence-electron chi connectivity index (χ4n) is 2.12. The quantitative estimate of drug-likeness (QED) is 0.819. The van der Waals surface area contributed by atoms with Gasteiger partial charge in [0.05, 0.1) is 5.69 Å². The Morgan fingerprint density at radius 2 is 1.68 bits per heavy atom. The van der Waals surface area contributed by atoms with Crippen molar-refractivity contribution in [1.29, 1.82) is 0 Å². The third kappa shape index (κ3) is 3.19. The second-order valence-corrected chi connectivity index (χ2v) is 4.54. The van der Waals surface area contributed by atoms with Crippen molar-refractivity contribution in [3.8, 4) is 0 Å². The first-order valence-corrected chi connectivity index (χ1v) is 6.24. The van der Waals surface area contributed by atoms with Crippen molar-refractivity contribution in [3.63, 3.8) is 0 Å². The van der Waals surface area contributed by atoms with E-state index in [4.69, 9.17) is 5.11 Å². The van der Waals surface area contributed by atoms with Gasteiger partial charge >= 0.3 is 5.97 Å². The number of carbonyl (C=O) groups excluding carboxylic acids is 2. The number of hydrogen-bond acceptors (Lipinski definition) is 3. The number of hydrogen-bond donors (Lipinski definition) is 1. The molecule has 0 aromatic heterocycles. The largest absolute Gasteiger partial charge is 0.481 e. The lowest BCUT2D eigenvalue weighted by molar-refractivity contribution is -0.137. The molecule has 0 saturated carbocycles. The molecule has 1 aliphatic heterocycles. The van der Waals surface area contributed by atoms with Crippen molar-refractivity contribution in [3.05, 3.63) is 29.8 Å². The maximum atomic E-state index is 11.6. The molecular weight excluding hydrogens is 246 g/mol. The Hall–Kier alpha value is -2.17. The maximum Gasteiger partial charge on any atom is 0.303 e. The Kier molecular flexibility index (Phi) is 3.94. The molecule has 1 N–H and O–H groups in total. The number of carboxylic acids is 1. The van der Waals surface area contributed by atoms with E-state index in [0.717, 1.165) is 5.56 Å². The first-order valence-electron chi connectivity index (χ1n) is 6.24. The van der Waals surface area contributed by atoms with Gasteiger partial charge in [-0.2, -0.15) is 0 Å². The number of rotatable bonds is 5. The standard InChI is InChI=1S/C14H15NO4/c16-12-8-9-13(17)15(12)11-6-4-10(5-7-11)2-1-3-14(18)19/h4-7H,1-3,8-9H2,(H,18,19). The Labute approximate surface area is 110 Å². The van der Waals surface area contributed by atoms with Gasteiger partial charge in [0.1, 0.15) is 0 Å². The van der Waals surface area contributed by atoms with Crippen LogP contribution in [0.5, 0.6) is 0 Å². The molecule has 5 heteroatoms. The molecule has 1 heterocycles. The molecule has 1 fully saturated rings. The van der Waals surface area contributed by atoms with E-state index < -0.39 is 5.97 Å². The normalized spacial score (nSPS) is 15.1. The van der Waals surface area contributed by atoms with Crippen LogP contribution in [0.4, 0.5) is 5.69 Å². The molecule has 100 valence electrons. The topological polar surface area (TPSA) is 74.7 Å². The van der Waals surface area contributed by atoms with E-state index in [1.54, 1.807) is 12.1 Å². The Morgan fingerprint density at radius 3 is 2.21 bits per heavy atom. The molecule has 0 aliphatic carbocycles. The van der Waals surface area contributed by atoms with Crippen LogP contribution in [0, 0.1) is 0 Å². The fourth-order valence-corrected chi connectivity index (χ4v) is 2.12. The summed E-state index contributed by atoms with van der Waals surface area (Å²) in [4.78, 5) is 34.7. The average Bonchev–Trinajstić information content (AvgIpc) is 2.70. The minimum Gasteiger partial charge on any atom is -0.481 e. The molecule has 2 rings (SSSR count). The first kappa shape index (κ1) is 13.3. The lowest BCUT2D eigenvalue weighted by atomic mass is 10.1. The van der Waals surface area contributed by atoms with Crippen LogP contribution in [0.15, 0.2) is 24.3 Å². The van der Waals surface area contributed by atoms with E-state index >= 15 is 0 Å². The summed E-state index contributed by atoms with van der Waals surface area (Å²) in [5, 5.41) is 8.56. The molecule has 2 amide bonds. The van der Waals surface area contributed by atoms with Crippen LogP contribution in [0.2, 0.25) is 0 Å². The predicted molar refractivity (Wildman–Crippen MR) is 68.7 cm³/mol. The lowest BCUT2D eigenvalue weighted by Gasteiger charge is -2.14. The van der Waals surface area contributed by atoms with E-state index in [2.05, 4.69) is 0 Å². The number of carboxylic acid groups (broad SMARTS) is 1. The van der Waals surface area contributed by atoms with Gasteiger partial charge in [0.25, 0.3) is 0 Å². The number of benzene rings is 1. The molecule has 1 aromatic rings. The van der Waals surface area contributed by atoms with Gasteiger partial charge in [-0.15, -0.1) is 0 Å². The van der Waals surface area contributed by atoms with Crippen LogP contribution in [-0.2, 0) is 20.8 Å². The highest BCUT2D eigenvalue weighted by molar-refractivity contribution is 6.19. The van der Waals surface area contributed by atoms with Crippen LogP contribution in [0.3, 0.4) is 0 Å². The lowest BCUT2D eigenvalue weighted by Crippen LogP contribution is -2.28. The molecule has 0 radical (unpaired) electrons. The molecule has 0 atom stereocenters. The highest BCUT2D eigenvalue weighted by atomic mass is 16.4. The van der Waals surface area contributed by atoms with Crippen molar-refractivity contribution in [2.75, 3.05) is 4.90 Å². The Balaban J connectivity index is 2.00. The van der Waals surface area contributed by atoms with Crippen LogP contribution in [-0.4, -0.2) is 22.9 Å². The molecule has 0 bridgehead atoms. The number of aliphatic carboxylic acids is 1. The van der Waals surface area contributed by atoms with Crippen molar-refractivity contribution in [1.82, 2.24) is 0 Å². The second kappa shape index (κ2) is 5.65. The summed E-state index contributed by atoms with van der Waals surface area (Å²) >= 11 is 0. The third-order valence-electron chi connectivity index (χ3n) is 3.10. The molecule has 1 aliphatic rings. The van der Waals surface area contributed by atoms with E-state index in [-0.39, 0.29) is 31.1 Å². The highest BCUT2D eigenvalue weighted by Gasteiger charge is 2.29. The summed E-state index contributed by atoms with van der Waals surface area (Å²) in [5.74, 6) is -1.13. The number of nitrogens with zero attached hydrogens (tertiary/aromatic N) is 1. The van der Waals surface area contributed by atoms with Crippen LogP contribution >= 0.6 is 0 Å². The van der Waals surface area contributed by atoms with Gasteiger partial charge in [-0.05, 0) is 30.5 Å². The van der Waals surface area contributed by atoms with Gasteiger partial charge < -0.3 is 5.11 Å². The van der Waals surface area contributed by atoms with Crippen LogP contribution < -0.4 is 4.90 Å². The molecule has 5 nitrogen and oxygen atoms in total. The molecule has 0 spiro atoms. The fraction of sp³-hybridized carbons (Fsp3) is 0.357. The highest BCUT2D eigenvalue weighted by Crippen LogP contribution is 2.23. The number of anilines is 1. The predicted octanol–water partition coefficient (Wildman–Crippen LogP) is 1.75. The van der Waals surface area contributed by atoms with Gasteiger partial charge in [-0.25, -0.2) is 0 Å². The van der Waals surface area contributed by atoms with Crippen molar-refractivity contribution in [2.24, 2.45) is 0 Å². The van der Waals surface area contributed by atoms with E-state index in [1.165, 1.54) is 4.90 Å². The van der Waals surface area contributed by atoms with Gasteiger partial charge in [0.2, 0.25) is 11.8 Å². The molecule has 1 saturated heterocycles. The number of imide groups is 1. The van der Waals surface area contributed by atoms with E-state index in [0.29, 0.717) is 18.5 Å². The van der Waals surface area contributed by atoms with Crippen molar-refractivity contribution < 1.29 is 19.5 Å². The zero-order valence-electron chi connectivity index (χ0n) is 10.5.